The molecule has 0 unspecified atom stereocenters. The predicted molar refractivity (Wildman–Crippen MR) is 141 cm³/mol. The summed E-state index contributed by atoms with van der Waals surface area (Å²) in [6, 6.07) is 8.07. The van der Waals surface area contributed by atoms with Crippen molar-refractivity contribution >= 4 is 21.6 Å². The predicted octanol–water partition coefficient (Wildman–Crippen LogP) is 2.68. The minimum Gasteiger partial charge on any atom is -0.384 e. The molecule has 4 rings (SSSR count). The van der Waals surface area contributed by atoms with Crippen LogP contribution >= 0.6 is 0 Å². The van der Waals surface area contributed by atoms with E-state index >= 15 is 4.39 Å². The Balaban J connectivity index is 1.51. The molecule has 0 spiro atoms. The quantitative estimate of drug-likeness (QED) is 0.475. The van der Waals surface area contributed by atoms with E-state index in [9.17, 15) is 13.2 Å². The lowest BCUT2D eigenvalue weighted by molar-refractivity contribution is 0.0633. The van der Waals surface area contributed by atoms with Gasteiger partial charge < -0.3 is 10.6 Å². The fourth-order valence-corrected chi connectivity index (χ4v) is 5.15. The molecule has 1 aliphatic heterocycles. The van der Waals surface area contributed by atoms with Crippen molar-refractivity contribution in [1.82, 2.24) is 24.8 Å². The summed E-state index contributed by atoms with van der Waals surface area (Å²) in [4.78, 5) is 29.8. The van der Waals surface area contributed by atoms with Crippen molar-refractivity contribution in [2.45, 2.75) is 19.8 Å². The average molecular weight is 527 g/mol. The molecular formula is C26H31FN6O3S. The lowest BCUT2D eigenvalue weighted by Crippen LogP contribution is -2.49. The fourth-order valence-electron chi connectivity index (χ4n) is 4.50. The Morgan fingerprint density at radius 2 is 1.78 bits per heavy atom. The number of hydrogen-bond donors (Lipinski definition) is 1. The van der Waals surface area contributed by atoms with Crippen molar-refractivity contribution in [1.29, 1.82) is 0 Å². The van der Waals surface area contributed by atoms with Gasteiger partial charge in [0.2, 0.25) is 0 Å². The number of piperazine rings is 1. The molecule has 0 aliphatic carbocycles. The number of rotatable bonds is 8. The third-order valence-electron chi connectivity index (χ3n) is 6.46. The van der Waals surface area contributed by atoms with E-state index in [1.54, 1.807) is 23.2 Å². The van der Waals surface area contributed by atoms with E-state index < -0.39 is 15.7 Å². The first-order chi connectivity index (χ1) is 17.7. The summed E-state index contributed by atoms with van der Waals surface area (Å²) in [7, 11) is -2.99. The van der Waals surface area contributed by atoms with Gasteiger partial charge >= 0.3 is 0 Å². The Bertz CT molecular complexity index is 1370. The molecular weight excluding hydrogens is 495 g/mol. The number of anilines is 1. The van der Waals surface area contributed by atoms with E-state index in [4.69, 9.17) is 5.73 Å². The Hall–Kier alpha value is -3.44. The normalized spacial score (nSPS) is 14.6. The highest BCUT2D eigenvalue weighted by Gasteiger charge is 2.25. The first-order valence-corrected chi connectivity index (χ1v) is 14.3. The number of nitrogen functional groups attached to an aromatic ring is 1. The van der Waals surface area contributed by atoms with Crippen LogP contribution in [0.1, 0.15) is 29.4 Å². The van der Waals surface area contributed by atoms with Crippen molar-refractivity contribution < 1.29 is 17.6 Å². The molecule has 0 radical (unpaired) electrons. The average Bonchev–Trinajstić information content (AvgIpc) is 2.88. The number of carbonyl (C=O) groups is 1. The Morgan fingerprint density at radius 3 is 2.41 bits per heavy atom. The van der Waals surface area contributed by atoms with Crippen molar-refractivity contribution in [2.75, 3.05) is 50.5 Å². The first kappa shape index (κ1) is 26.6. The molecule has 0 saturated carbocycles. The van der Waals surface area contributed by atoms with Gasteiger partial charge in [-0.15, -0.1) is 0 Å². The summed E-state index contributed by atoms with van der Waals surface area (Å²) < 4.78 is 37.9. The number of halogens is 1. The molecule has 0 atom stereocenters. The molecule has 1 aromatic carbocycles. The smallest absolute Gasteiger partial charge is 0.256 e. The summed E-state index contributed by atoms with van der Waals surface area (Å²) >= 11 is 0. The largest absolute Gasteiger partial charge is 0.384 e. The highest BCUT2D eigenvalue weighted by atomic mass is 32.2. The van der Waals surface area contributed by atoms with Gasteiger partial charge in [0.1, 0.15) is 27.8 Å². The monoisotopic (exact) mass is 526 g/mol. The van der Waals surface area contributed by atoms with Gasteiger partial charge in [-0.3, -0.25) is 9.69 Å². The maximum absolute atomic E-state index is 15.3. The Labute approximate surface area is 216 Å². The third kappa shape index (κ3) is 6.47. The van der Waals surface area contributed by atoms with Crippen LogP contribution in [-0.4, -0.2) is 83.8 Å². The maximum Gasteiger partial charge on any atom is 0.256 e. The first-order valence-electron chi connectivity index (χ1n) is 12.2. The van der Waals surface area contributed by atoms with Crippen LogP contribution in [0.15, 0.2) is 42.9 Å². The van der Waals surface area contributed by atoms with Crippen molar-refractivity contribution in [3.63, 3.8) is 0 Å². The van der Waals surface area contributed by atoms with Gasteiger partial charge in [0.05, 0.1) is 22.7 Å². The highest BCUT2D eigenvalue weighted by Crippen LogP contribution is 2.33. The number of aromatic nitrogens is 3. The number of nitrogens with zero attached hydrogens (tertiary/aromatic N) is 5. The van der Waals surface area contributed by atoms with Crippen molar-refractivity contribution in [3.8, 4) is 22.4 Å². The molecule has 1 amide bonds. The number of nitrogens with two attached hydrogens (primary N) is 1. The van der Waals surface area contributed by atoms with Crippen LogP contribution in [0.25, 0.3) is 22.4 Å². The topological polar surface area (TPSA) is 122 Å². The molecule has 37 heavy (non-hydrogen) atoms. The minimum atomic E-state index is -2.99. The number of pyridine rings is 1. The Kier molecular flexibility index (Phi) is 8.13. The lowest BCUT2D eigenvalue weighted by Gasteiger charge is -2.34. The van der Waals surface area contributed by atoms with Crippen LogP contribution < -0.4 is 5.73 Å². The molecule has 1 aliphatic rings. The van der Waals surface area contributed by atoms with E-state index in [-0.39, 0.29) is 17.2 Å². The molecule has 3 heterocycles. The van der Waals surface area contributed by atoms with Crippen molar-refractivity contribution in [3.05, 3.63) is 59.9 Å². The summed E-state index contributed by atoms with van der Waals surface area (Å²) in [5, 5.41) is 0. The van der Waals surface area contributed by atoms with Crippen LogP contribution in [0, 0.1) is 5.82 Å². The number of hydrogen-bond acceptors (Lipinski definition) is 8. The highest BCUT2D eigenvalue weighted by molar-refractivity contribution is 7.90. The second-order valence-corrected chi connectivity index (χ2v) is 11.4. The number of amides is 1. The van der Waals surface area contributed by atoms with Crippen LogP contribution in [0.2, 0.25) is 0 Å². The van der Waals surface area contributed by atoms with E-state index in [0.29, 0.717) is 62.6 Å². The molecule has 2 N–H and O–H groups in total. The van der Waals surface area contributed by atoms with Gasteiger partial charge in [0.15, 0.2) is 0 Å². The van der Waals surface area contributed by atoms with Gasteiger partial charge in [-0.1, -0.05) is 13.0 Å². The van der Waals surface area contributed by atoms with Crippen LogP contribution in [-0.2, 0) is 16.3 Å². The molecule has 1 saturated heterocycles. The van der Waals surface area contributed by atoms with Crippen LogP contribution in [0.5, 0.6) is 0 Å². The standard InChI is InChI=1S/C26H31FN6O3S/c1-3-22-24(19-6-8-23(28)29-16-19)25(31-17-30-22)18-5-7-20(21(27)15-18)26(34)33-12-10-32(11-13-33)9-4-14-37(2,35)36/h5-8,15-17H,3-4,9-14H2,1-2H3,(H2,28,29). The summed E-state index contributed by atoms with van der Waals surface area (Å²) in [6.07, 6.45) is 5.53. The number of benzene rings is 1. The van der Waals surface area contributed by atoms with Gasteiger partial charge in [-0.05, 0) is 43.7 Å². The Morgan fingerprint density at radius 1 is 1.05 bits per heavy atom. The van der Waals surface area contributed by atoms with E-state index in [2.05, 4.69) is 19.9 Å². The second kappa shape index (κ2) is 11.3. The summed E-state index contributed by atoms with van der Waals surface area (Å²) in [5.41, 5.74) is 9.17. The summed E-state index contributed by atoms with van der Waals surface area (Å²) in [6.45, 7) is 4.79. The zero-order valence-electron chi connectivity index (χ0n) is 21.0. The molecule has 0 bridgehead atoms. The van der Waals surface area contributed by atoms with Crippen LogP contribution in [0.4, 0.5) is 10.2 Å². The van der Waals surface area contributed by atoms with Gasteiger partial charge in [-0.25, -0.2) is 27.8 Å². The zero-order valence-corrected chi connectivity index (χ0v) is 21.8. The second-order valence-electron chi connectivity index (χ2n) is 9.18. The fraction of sp³-hybridized carbons (Fsp3) is 0.385. The van der Waals surface area contributed by atoms with E-state index in [1.165, 1.54) is 24.7 Å². The minimum absolute atomic E-state index is 0.00903. The SMILES string of the molecule is CCc1ncnc(-c2ccc(C(=O)N3CCN(CCCS(C)(=O)=O)CC3)c(F)c2)c1-c1ccc(N)nc1. The summed E-state index contributed by atoms with van der Waals surface area (Å²) in [5.74, 6) is -0.438. The lowest BCUT2D eigenvalue weighted by atomic mass is 9.96. The van der Waals surface area contributed by atoms with Crippen LogP contribution in [0.3, 0.4) is 0 Å². The van der Waals surface area contributed by atoms with Gasteiger partial charge in [0, 0.05) is 55.3 Å². The van der Waals surface area contributed by atoms with E-state index in [1.807, 2.05) is 13.0 Å². The molecule has 3 aromatic rings. The molecule has 9 nitrogen and oxygen atoms in total. The maximum atomic E-state index is 15.3. The van der Waals surface area contributed by atoms with E-state index in [0.717, 1.165) is 16.8 Å². The van der Waals surface area contributed by atoms with Crippen molar-refractivity contribution in [2.24, 2.45) is 0 Å². The number of sulfone groups is 1. The molecule has 1 fully saturated rings. The number of carbonyl (C=O) groups excluding carboxylic acids is 1. The number of aryl methyl sites for hydroxylation is 1. The molecule has 11 heteroatoms. The third-order valence-corrected chi connectivity index (χ3v) is 7.49. The van der Waals surface area contributed by atoms with Gasteiger partial charge in [-0.2, -0.15) is 0 Å². The molecule has 196 valence electrons. The van der Waals surface area contributed by atoms with Gasteiger partial charge in [0.25, 0.3) is 5.91 Å². The molecule has 2 aromatic heterocycles. The zero-order chi connectivity index (χ0) is 26.6.